The largest absolute Gasteiger partial charge is 0.506 e. The number of hydrogen-bond acceptors (Lipinski definition) is 10. The minimum absolute atomic E-state index is 0.00496. The number of β-amino-alcohol motifs (C(OH)–C–C–N with tert-alkyl or cyclic N) is 2. The number of alkyl halides is 3. The number of ether oxygens (including phenoxy) is 1. The third-order valence-electron chi connectivity index (χ3n) is 6.36. The lowest BCUT2D eigenvalue weighted by Crippen LogP contribution is -2.48. The Labute approximate surface area is 224 Å². The molecule has 0 spiro atoms. The first-order chi connectivity index (χ1) is 19.1. The third-order valence-corrected chi connectivity index (χ3v) is 6.36. The molecule has 40 heavy (non-hydrogen) atoms. The van der Waals surface area contributed by atoms with Crippen molar-refractivity contribution in [3.63, 3.8) is 0 Å². The van der Waals surface area contributed by atoms with E-state index in [-0.39, 0.29) is 37.4 Å². The highest BCUT2D eigenvalue weighted by Gasteiger charge is 2.43. The maximum absolute atomic E-state index is 14.0. The van der Waals surface area contributed by atoms with E-state index in [9.17, 15) is 28.2 Å². The van der Waals surface area contributed by atoms with Crippen LogP contribution in [0.2, 0.25) is 0 Å². The van der Waals surface area contributed by atoms with Crippen molar-refractivity contribution in [1.82, 2.24) is 20.2 Å². The summed E-state index contributed by atoms with van der Waals surface area (Å²) in [7, 11) is 0. The van der Waals surface area contributed by atoms with E-state index in [1.807, 2.05) is 0 Å². The van der Waals surface area contributed by atoms with Crippen molar-refractivity contribution in [3.8, 4) is 34.3 Å². The summed E-state index contributed by atoms with van der Waals surface area (Å²) in [6, 6.07) is 14.1. The number of rotatable bonds is 7. The molecule has 210 valence electrons. The van der Waals surface area contributed by atoms with Gasteiger partial charge in [-0.2, -0.15) is 18.2 Å². The number of carbonyl (C=O) groups is 1. The Morgan fingerprint density at radius 1 is 1.05 bits per heavy atom. The molecule has 2 aromatic heterocycles. The van der Waals surface area contributed by atoms with Crippen molar-refractivity contribution >= 4 is 6.16 Å². The molecule has 11 nitrogen and oxygen atoms in total. The number of benzene rings is 2. The van der Waals surface area contributed by atoms with E-state index in [1.165, 1.54) is 12.1 Å². The lowest BCUT2D eigenvalue weighted by molar-refractivity contribution is -0.137. The molecule has 14 heteroatoms. The Morgan fingerprint density at radius 3 is 2.45 bits per heavy atom. The fraction of sp³-hybridized carbons (Fsp3) is 0.308. The molecule has 3 atom stereocenters. The van der Waals surface area contributed by atoms with Gasteiger partial charge in [-0.25, -0.2) is 4.79 Å². The number of piperidine rings is 1. The standard InChI is InChI=1S/C26H23F3N4O7/c27-26(28,29)20-21(15-4-2-1-3-5-15)31-39-22(20)24-30-23(32-40-24)16-8-6-14(7-9-16)19(35)13-33-11-17(34)10-18(12-33)38-25(36)37/h1-9,17-19,34-35H,10-13H2,(H,36,37). The predicted octanol–water partition coefficient (Wildman–Crippen LogP) is 4.24. The summed E-state index contributed by atoms with van der Waals surface area (Å²) in [6.07, 6.45) is -8.57. The minimum Gasteiger partial charge on any atom is -0.450 e. The fourth-order valence-corrected chi connectivity index (χ4v) is 4.62. The minimum atomic E-state index is -4.81. The first-order valence-corrected chi connectivity index (χ1v) is 12.1. The number of halogens is 3. The van der Waals surface area contributed by atoms with Gasteiger partial charge >= 0.3 is 12.3 Å². The third kappa shape index (κ3) is 5.98. The summed E-state index contributed by atoms with van der Waals surface area (Å²) >= 11 is 0. The second kappa shape index (κ2) is 11.1. The summed E-state index contributed by atoms with van der Waals surface area (Å²) in [5.74, 6) is -1.21. The van der Waals surface area contributed by atoms with Crippen molar-refractivity contribution in [3.05, 3.63) is 65.7 Å². The van der Waals surface area contributed by atoms with Crippen molar-refractivity contribution in [2.24, 2.45) is 0 Å². The van der Waals surface area contributed by atoms with Gasteiger partial charge in [0, 0.05) is 37.2 Å². The Hall–Kier alpha value is -4.27. The maximum atomic E-state index is 14.0. The highest BCUT2D eigenvalue weighted by atomic mass is 19.4. The first-order valence-electron chi connectivity index (χ1n) is 12.1. The molecular weight excluding hydrogens is 537 g/mol. The molecule has 0 amide bonds. The summed E-state index contributed by atoms with van der Waals surface area (Å²) in [4.78, 5) is 16.6. The Balaban J connectivity index is 1.32. The number of nitrogens with zero attached hydrogens (tertiary/aromatic N) is 4. The van der Waals surface area contributed by atoms with Gasteiger partial charge in [-0.15, -0.1) is 0 Å². The molecule has 0 aliphatic carbocycles. The van der Waals surface area contributed by atoms with Gasteiger partial charge in [-0.1, -0.05) is 64.9 Å². The molecule has 1 aliphatic rings. The van der Waals surface area contributed by atoms with E-state index < -0.39 is 53.6 Å². The normalized spacial score (nSPS) is 18.9. The van der Waals surface area contributed by atoms with Crippen LogP contribution in [0.3, 0.4) is 0 Å². The average Bonchev–Trinajstić information content (AvgIpc) is 3.56. The Kier molecular flexibility index (Phi) is 7.56. The highest BCUT2D eigenvalue weighted by Crippen LogP contribution is 2.43. The molecule has 0 radical (unpaired) electrons. The number of likely N-dealkylation sites (tertiary alicyclic amines) is 1. The summed E-state index contributed by atoms with van der Waals surface area (Å²) in [5, 5.41) is 36.9. The van der Waals surface area contributed by atoms with Crippen LogP contribution in [-0.2, 0) is 10.9 Å². The van der Waals surface area contributed by atoms with Crippen LogP contribution in [0.15, 0.2) is 63.6 Å². The molecule has 1 fully saturated rings. The predicted molar refractivity (Wildman–Crippen MR) is 131 cm³/mol. The average molecular weight is 560 g/mol. The summed E-state index contributed by atoms with van der Waals surface area (Å²) in [6.45, 7) is 0.573. The van der Waals surface area contributed by atoms with Gasteiger partial charge in [0.25, 0.3) is 5.89 Å². The second-order valence-electron chi connectivity index (χ2n) is 9.27. The van der Waals surface area contributed by atoms with Gasteiger partial charge in [0.2, 0.25) is 11.6 Å². The van der Waals surface area contributed by atoms with E-state index in [4.69, 9.17) is 18.9 Å². The monoisotopic (exact) mass is 560 g/mol. The molecule has 3 N–H and O–H groups in total. The van der Waals surface area contributed by atoms with Crippen LogP contribution in [0.4, 0.5) is 18.0 Å². The first kappa shape index (κ1) is 27.3. The van der Waals surface area contributed by atoms with E-state index in [0.29, 0.717) is 11.1 Å². The highest BCUT2D eigenvalue weighted by molar-refractivity contribution is 5.71. The Bertz CT molecular complexity index is 1460. The lowest BCUT2D eigenvalue weighted by atomic mass is 10.0. The van der Waals surface area contributed by atoms with Gasteiger partial charge in [0.05, 0.1) is 12.2 Å². The number of aliphatic hydroxyl groups is 2. The summed E-state index contributed by atoms with van der Waals surface area (Å²) in [5.41, 5.74) is -0.409. The zero-order chi connectivity index (χ0) is 28.4. The topological polar surface area (TPSA) is 155 Å². The molecule has 3 heterocycles. The quantitative estimate of drug-likeness (QED) is 0.278. The van der Waals surface area contributed by atoms with Crippen LogP contribution in [-0.4, -0.2) is 73.5 Å². The van der Waals surface area contributed by atoms with Crippen LogP contribution in [0.1, 0.15) is 23.7 Å². The van der Waals surface area contributed by atoms with Crippen molar-refractivity contribution < 1.29 is 47.1 Å². The molecule has 2 aromatic carbocycles. The zero-order valence-electron chi connectivity index (χ0n) is 20.7. The lowest BCUT2D eigenvalue weighted by Gasteiger charge is -2.35. The zero-order valence-corrected chi connectivity index (χ0v) is 20.7. The molecule has 3 unspecified atom stereocenters. The van der Waals surface area contributed by atoms with E-state index >= 15 is 0 Å². The van der Waals surface area contributed by atoms with Gasteiger partial charge in [0.15, 0.2) is 0 Å². The van der Waals surface area contributed by atoms with Gasteiger partial charge in [-0.3, -0.25) is 4.90 Å². The van der Waals surface area contributed by atoms with Gasteiger partial charge in [0.1, 0.15) is 17.4 Å². The smallest absolute Gasteiger partial charge is 0.450 e. The molecular formula is C26H23F3N4O7. The Morgan fingerprint density at radius 2 is 1.77 bits per heavy atom. The number of carboxylic acid groups (broad SMARTS) is 1. The van der Waals surface area contributed by atoms with Crippen LogP contribution >= 0.6 is 0 Å². The molecule has 1 saturated heterocycles. The van der Waals surface area contributed by atoms with Crippen LogP contribution in [0.5, 0.6) is 0 Å². The van der Waals surface area contributed by atoms with Crippen LogP contribution < -0.4 is 0 Å². The molecule has 1 aliphatic heterocycles. The number of aliphatic hydroxyl groups excluding tert-OH is 2. The van der Waals surface area contributed by atoms with Crippen molar-refractivity contribution in [2.75, 3.05) is 19.6 Å². The van der Waals surface area contributed by atoms with E-state index in [1.54, 1.807) is 47.4 Å². The fourth-order valence-electron chi connectivity index (χ4n) is 4.62. The second-order valence-corrected chi connectivity index (χ2v) is 9.27. The molecule has 0 saturated carbocycles. The SMILES string of the molecule is O=C(O)OC1CC(O)CN(CC(O)c2ccc(-c3noc(-c4onc(-c5ccccc5)c4C(F)(F)F)n3)cc2)C1. The summed E-state index contributed by atoms with van der Waals surface area (Å²) < 4.78 is 56.8. The number of aromatic nitrogens is 3. The van der Waals surface area contributed by atoms with Crippen molar-refractivity contribution in [1.29, 1.82) is 0 Å². The number of hydrogen-bond donors (Lipinski definition) is 3. The van der Waals surface area contributed by atoms with E-state index in [2.05, 4.69) is 15.3 Å². The van der Waals surface area contributed by atoms with Gasteiger partial charge < -0.3 is 29.1 Å². The van der Waals surface area contributed by atoms with Crippen LogP contribution in [0, 0.1) is 0 Å². The van der Waals surface area contributed by atoms with Gasteiger partial charge in [-0.05, 0) is 5.56 Å². The van der Waals surface area contributed by atoms with Crippen LogP contribution in [0.25, 0.3) is 34.3 Å². The van der Waals surface area contributed by atoms with E-state index in [0.717, 1.165) is 0 Å². The molecule has 5 rings (SSSR count). The molecule has 4 aromatic rings. The molecule has 0 bridgehead atoms. The van der Waals surface area contributed by atoms with Crippen molar-refractivity contribution in [2.45, 2.75) is 30.9 Å². The maximum Gasteiger partial charge on any atom is 0.506 e.